The van der Waals surface area contributed by atoms with Crippen molar-refractivity contribution in [2.24, 2.45) is 0 Å². The molecule has 8 heteroatoms. The number of carbonyl (C=O) groups excluding carboxylic acids is 2. The molecule has 1 aromatic carbocycles. The number of Topliss-reactive ketones (excluding diaryl/α,β-unsaturated/α-hetero) is 1. The van der Waals surface area contributed by atoms with Gasteiger partial charge in [0, 0.05) is 25.5 Å². The number of ketones is 1. The quantitative estimate of drug-likeness (QED) is 0.531. The van der Waals surface area contributed by atoms with Gasteiger partial charge in [-0.15, -0.1) is 0 Å². The number of aryl methyl sites for hydroxylation is 1. The fourth-order valence-electron chi connectivity index (χ4n) is 3.79. The second kappa shape index (κ2) is 8.91. The molecule has 2 aromatic heterocycles. The number of aliphatic hydroxyl groups is 1. The number of imidazole rings is 1. The van der Waals surface area contributed by atoms with Crippen LogP contribution >= 0.6 is 0 Å². The molecule has 1 atom stereocenters. The molecule has 4 rings (SSSR count). The van der Waals surface area contributed by atoms with Crippen molar-refractivity contribution < 1.29 is 23.8 Å². The Balaban J connectivity index is 1.67. The number of aliphatic hydroxyl groups excluding tert-OH is 1. The first-order valence-corrected chi connectivity index (χ1v) is 10.1. The van der Waals surface area contributed by atoms with Crippen molar-refractivity contribution in [1.29, 1.82) is 0 Å². The number of aromatic nitrogens is 2. The van der Waals surface area contributed by atoms with Gasteiger partial charge in [-0.1, -0.05) is 12.1 Å². The number of nitrogens with zero attached hydrogens (tertiary/aromatic N) is 3. The van der Waals surface area contributed by atoms with Gasteiger partial charge in [-0.2, -0.15) is 0 Å². The molecule has 160 valence electrons. The number of amides is 1. The van der Waals surface area contributed by atoms with Crippen LogP contribution in [-0.2, 0) is 11.3 Å². The van der Waals surface area contributed by atoms with E-state index in [-0.39, 0.29) is 11.3 Å². The van der Waals surface area contributed by atoms with Crippen LogP contribution in [0.2, 0.25) is 0 Å². The zero-order chi connectivity index (χ0) is 21.8. The molecule has 31 heavy (non-hydrogen) atoms. The van der Waals surface area contributed by atoms with Crippen molar-refractivity contribution in [2.75, 3.05) is 13.2 Å². The van der Waals surface area contributed by atoms with Gasteiger partial charge in [0.25, 0.3) is 5.91 Å². The highest BCUT2D eigenvalue weighted by Gasteiger charge is 2.44. The van der Waals surface area contributed by atoms with E-state index in [0.717, 1.165) is 0 Å². The summed E-state index contributed by atoms with van der Waals surface area (Å²) >= 11 is 0. The van der Waals surface area contributed by atoms with Crippen LogP contribution in [0, 0.1) is 0 Å². The second-order valence-corrected chi connectivity index (χ2v) is 7.13. The topological polar surface area (TPSA) is 97.8 Å². The number of rotatable bonds is 9. The molecule has 1 aliphatic rings. The van der Waals surface area contributed by atoms with E-state index in [1.54, 1.807) is 30.7 Å². The summed E-state index contributed by atoms with van der Waals surface area (Å²) in [6, 6.07) is 9.59. The lowest BCUT2D eigenvalue weighted by atomic mass is 9.95. The van der Waals surface area contributed by atoms with Gasteiger partial charge in [0.1, 0.15) is 5.75 Å². The van der Waals surface area contributed by atoms with E-state index in [9.17, 15) is 14.7 Å². The van der Waals surface area contributed by atoms with Crippen molar-refractivity contribution >= 4 is 11.7 Å². The molecule has 0 saturated carbocycles. The van der Waals surface area contributed by atoms with Crippen molar-refractivity contribution in [3.05, 3.63) is 84.0 Å². The lowest BCUT2D eigenvalue weighted by Gasteiger charge is -2.27. The number of carbonyl (C=O) groups is 2. The van der Waals surface area contributed by atoms with Crippen LogP contribution < -0.4 is 4.74 Å². The maximum absolute atomic E-state index is 13.1. The molecule has 1 N–H and O–H groups in total. The molecule has 0 saturated heterocycles. The van der Waals surface area contributed by atoms with Gasteiger partial charge >= 0.3 is 0 Å². The van der Waals surface area contributed by atoms with Crippen LogP contribution in [-0.4, -0.2) is 44.4 Å². The molecule has 8 nitrogen and oxygen atoms in total. The summed E-state index contributed by atoms with van der Waals surface area (Å²) in [4.78, 5) is 31.6. The monoisotopic (exact) mass is 421 g/mol. The fourth-order valence-corrected chi connectivity index (χ4v) is 3.79. The first kappa shape index (κ1) is 20.5. The summed E-state index contributed by atoms with van der Waals surface area (Å²) in [5.74, 6) is -0.939. The Labute approximate surface area is 179 Å². The normalized spacial score (nSPS) is 16.2. The summed E-state index contributed by atoms with van der Waals surface area (Å²) in [7, 11) is 0. The molecule has 0 spiro atoms. The third-order valence-corrected chi connectivity index (χ3v) is 5.15. The Hall–Kier alpha value is -3.81. The third-order valence-electron chi connectivity index (χ3n) is 5.15. The zero-order valence-electron chi connectivity index (χ0n) is 17.1. The van der Waals surface area contributed by atoms with E-state index in [4.69, 9.17) is 9.15 Å². The van der Waals surface area contributed by atoms with Gasteiger partial charge in [-0.25, -0.2) is 4.98 Å². The van der Waals surface area contributed by atoms with Crippen LogP contribution in [0.25, 0.3) is 0 Å². The summed E-state index contributed by atoms with van der Waals surface area (Å²) in [5.41, 5.74) is 0.692. The van der Waals surface area contributed by atoms with Crippen molar-refractivity contribution in [3.8, 4) is 5.75 Å². The molecule has 0 aliphatic carbocycles. The Bertz CT molecular complexity index is 1090. The van der Waals surface area contributed by atoms with Crippen molar-refractivity contribution in [1.82, 2.24) is 14.5 Å². The molecule has 1 aliphatic heterocycles. The molecule has 0 fully saturated rings. The SMILES string of the molecule is CCOc1cccc([C@@H]2C(C(=O)c3ccco3)=C(O)C(=O)N2CCCn2ccnc2)c1. The van der Waals surface area contributed by atoms with Crippen LogP contribution in [0.5, 0.6) is 5.75 Å². The van der Waals surface area contributed by atoms with Crippen LogP contribution in [0.1, 0.15) is 35.5 Å². The molecule has 3 aromatic rings. The van der Waals surface area contributed by atoms with E-state index < -0.39 is 23.5 Å². The van der Waals surface area contributed by atoms with Gasteiger partial charge < -0.3 is 23.7 Å². The van der Waals surface area contributed by atoms with Crippen molar-refractivity contribution in [3.63, 3.8) is 0 Å². The van der Waals surface area contributed by atoms with E-state index in [1.165, 1.54) is 17.2 Å². The number of hydrogen-bond donors (Lipinski definition) is 1. The molecule has 0 bridgehead atoms. The highest BCUT2D eigenvalue weighted by atomic mass is 16.5. The number of ether oxygens (including phenoxy) is 1. The first-order chi connectivity index (χ1) is 15.1. The molecular formula is C23H23N3O5. The van der Waals surface area contributed by atoms with Gasteiger partial charge in [-0.3, -0.25) is 9.59 Å². The largest absolute Gasteiger partial charge is 0.503 e. The maximum Gasteiger partial charge on any atom is 0.290 e. The highest BCUT2D eigenvalue weighted by Crippen LogP contribution is 2.40. The van der Waals surface area contributed by atoms with Crippen LogP contribution in [0.15, 0.2) is 77.1 Å². The molecular weight excluding hydrogens is 398 g/mol. The maximum atomic E-state index is 13.1. The van der Waals surface area contributed by atoms with E-state index >= 15 is 0 Å². The summed E-state index contributed by atoms with van der Waals surface area (Å²) in [6.45, 7) is 3.37. The van der Waals surface area contributed by atoms with Crippen molar-refractivity contribution in [2.45, 2.75) is 25.9 Å². The Morgan fingerprint density at radius 2 is 2.13 bits per heavy atom. The standard InChI is InChI=1S/C23H23N3O5/c1-2-30-17-7-3-6-16(14-17)20-19(21(27)18-8-4-13-31-18)22(28)23(29)26(20)11-5-10-25-12-9-24-15-25/h3-4,6-9,12-15,20,28H,2,5,10-11H2,1H3/t20-/m1/s1. The van der Waals surface area contributed by atoms with Gasteiger partial charge in [0.2, 0.25) is 5.78 Å². The minimum Gasteiger partial charge on any atom is -0.503 e. The van der Waals surface area contributed by atoms with Crippen LogP contribution in [0.4, 0.5) is 0 Å². The number of hydrogen-bond acceptors (Lipinski definition) is 6. The minimum absolute atomic E-state index is 0.0104. The predicted molar refractivity (Wildman–Crippen MR) is 112 cm³/mol. The molecule has 0 unspecified atom stereocenters. The molecule has 0 radical (unpaired) electrons. The highest BCUT2D eigenvalue weighted by molar-refractivity contribution is 6.15. The lowest BCUT2D eigenvalue weighted by Crippen LogP contribution is -2.32. The zero-order valence-corrected chi connectivity index (χ0v) is 17.1. The fraction of sp³-hybridized carbons (Fsp3) is 0.261. The second-order valence-electron chi connectivity index (χ2n) is 7.13. The Morgan fingerprint density at radius 3 is 2.84 bits per heavy atom. The third kappa shape index (κ3) is 4.09. The summed E-state index contributed by atoms with van der Waals surface area (Å²) < 4.78 is 12.8. The average Bonchev–Trinajstić information content (AvgIpc) is 3.52. The van der Waals surface area contributed by atoms with Crippen LogP contribution in [0.3, 0.4) is 0 Å². The Morgan fingerprint density at radius 1 is 1.26 bits per heavy atom. The smallest absolute Gasteiger partial charge is 0.290 e. The first-order valence-electron chi connectivity index (χ1n) is 10.1. The average molecular weight is 421 g/mol. The van der Waals surface area contributed by atoms with E-state index in [2.05, 4.69) is 4.98 Å². The molecule has 1 amide bonds. The molecule has 3 heterocycles. The van der Waals surface area contributed by atoms with E-state index in [1.807, 2.05) is 29.8 Å². The van der Waals surface area contributed by atoms with Gasteiger partial charge in [0.05, 0.1) is 30.8 Å². The Kier molecular flexibility index (Phi) is 5.88. The minimum atomic E-state index is -0.742. The van der Waals surface area contributed by atoms with Gasteiger partial charge in [0.15, 0.2) is 11.5 Å². The lowest BCUT2D eigenvalue weighted by molar-refractivity contribution is -0.129. The predicted octanol–water partition coefficient (Wildman–Crippen LogP) is 3.54. The van der Waals surface area contributed by atoms with E-state index in [0.29, 0.717) is 37.4 Å². The van der Waals surface area contributed by atoms with Gasteiger partial charge in [-0.05, 0) is 43.2 Å². The summed E-state index contributed by atoms with van der Waals surface area (Å²) in [6.07, 6.45) is 7.25. The number of furan rings is 1. The number of benzene rings is 1. The summed E-state index contributed by atoms with van der Waals surface area (Å²) in [5, 5.41) is 10.7.